The van der Waals surface area contributed by atoms with Gasteiger partial charge in [0, 0.05) is 12.1 Å². The van der Waals surface area contributed by atoms with Gasteiger partial charge in [-0.25, -0.2) is 4.79 Å². The van der Waals surface area contributed by atoms with Gasteiger partial charge in [-0.1, -0.05) is 18.2 Å². The van der Waals surface area contributed by atoms with Crippen molar-refractivity contribution in [3.8, 4) is 0 Å². The average molecular weight is 319 g/mol. The second kappa shape index (κ2) is 6.56. The molecule has 4 nitrogen and oxygen atoms in total. The normalized spacial score (nSPS) is 13.8. The van der Waals surface area contributed by atoms with Crippen LogP contribution in [0.5, 0.6) is 0 Å². The molecular formula is C15H20F3NO3. The van der Waals surface area contributed by atoms with Crippen LogP contribution in [0.25, 0.3) is 0 Å². The Balaban J connectivity index is 3.47. The van der Waals surface area contributed by atoms with Crippen LogP contribution in [0.2, 0.25) is 0 Å². The van der Waals surface area contributed by atoms with Gasteiger partial charge >= 0.3 is 12.3 Å². The molecule has 0 aliphatic heterocycles. The van der Waals surface area contributed by atoms with Gasteiger partial charge in [-0.05, 0) is 38.8 Å². The zero-order valence-electron chi connectivity index (χ0n) is 12.7. The molecule has 1 rings (SSSR count). The number of alkyl halides is 3. The molecule has 1 aromatic carbocycles. The maximum atomic E-state index is 13.2. The molecule has 0 aromatic heterocycles. The molecule has 0 saturated heterocycles. The summed E-state index contributed by atoms with van der Waals surface area (Å²) in [5, 5.41) is 18.6. The number of halogens is 3. The number of carbonyl (C=O) groups is 1. The van der Waals surface area contributed by atoms with Crippen LogP contribution in [-0.4, -0.2) is 33.4 Å². The van der Waals surface area contributed by atoms with E-state index in [1.807, 2.05) is 0 Å². The Morgan fingerprint density at radius 3 is 2.18 bits per heavy atom. The Labute approximate surface area is 127 Å². The van der Waals surface area contributed by atoms with E-state index in [0.29, 0.717) is 0 Å². The summed E-state index contributed by atoms with van der Waals surface area (Å²) in [6.07, 6.45) is -6.04. The smallest absolute Gasteiger partial charge is 0.416 e. The van der Waals surface area contributed by atoms with Gasteiger partial charge in [0.2, 0.25) is 0 Å². The molecule has 0 saturated carbocycles. The summed E-state index contributed by atoms with van der Waals surface area (Å²) in [6.45, 7) is 4.38. The molecule has 0 aliphatic rings. The molecule has 0 aliphatic carbocycles. The van der Waals surface area contributed by atoms with Gasteiger partial charge in [-0.15, -0.1) is 0 Å². The van der Waals surface area contributed by atoms with Gasteiger partial charge in [-0.2, -0.15) is 13.2 Å². The number of hydrogen-bond acceptors (Lipinski definition) is 2. The Morgan fingerprint density at radius 2 is 1.77 bits per heavy atom. The van der Waals surface area contributed by atoms with E-state index in [-0.39, 0.29) is 12.0 Å². The average Bonchev–Trinajstić information content (AvgIpc) is 2.35. The van der Waals surface area contributed by atoms with Crippen LogP contribution in [0.15, 0.2) is 24.3 Å². The fourth-order valence-electron chi connectivity index (χ4n) is 2.48. The number of nitrogens with zero attached hydrogens (tertiary/aromatic N) is 1. The van der Waals surface area contributed by atoms with E-state index in [1.54, 1.807) is 20.8 Å². The van der Waals surface area contributed by atoms with Crippen molar-refractivity contribution in [3.05, 3.63) is 35.4 Å². The Bertz CT molecular complexity index is 523. The zero-order valence-corrected chi connectivity index (χ0v) is 12.7. The monoisotopic (exact) mass is 319 g/mol. The molecule has 0 bridgehead atoms. The van der Waals surface area contributed by atoms with Crippen molar-refractivity contribution < 1.29 is 28.2 Å². The predicted molar refractivity (Wildman–Crippen MR) is 75.5 cm³/mol. The van der Waals surface area contributed by atoms with Crippen molar-refractivity contribution in [1.29, 1.82) is 0 Å². The molecule has 22 heavy (non-hydrogen) atoms. The van der Waals surface area contributed by atoms with Crippen molar-refractivity contribution >= 4 is 6.09 Å². The lowest BCUT2D eigenvalue weighted by Crippen LogP contribution is -2.47. The summed E-state index contributed by atoms with van der Waals surface area (Å²) in [5.74, 6) is 0. The second-order valence-electron chi connectivity index (χ2n) is 5.94. The number of rotatable bonds is 4. The SMILES string of the molecule is CC(C)(C)N(C(=O)O)[C@@H](CCO)c1ccccc1C(F)(F)F. The molecule has 0 heterocycles. The van der Waals surface area contributed by atoms with E-state index in [9.17, 15) is 28.2 Å². The first-order chi connectivity index (χ1) is 10.00. The summed E-state index contributed by atoms with van der Waals surface area (Å²) >= 11 is 0. The van der Waals surface area contributed by atoms with Gasteiger partial charge in [0.05, 0.1) is 11.6 Å². The minimum atomic E-state index is -4.59. The maximum absolute atomic E-state index is 13.2. The lowest BCUT2D eigenvalue weighted by molar-refractivity contribution is -0.139. The van der Waals surface area contributed by atoms with Crippen LogP contribution in [0.4, 0.5) is 18.0 Å². The molecule has 0 fully saturated rings. The molecule has 0 radical (unpaired) electrons. The zero-order chi connectivity index (χ0) is 17.1. The molecule has 1 amide bonds. The number of aliphatic hydroxyl groups excluding tert-OH is 1. The van der Waals surface area contributed by atoms with Crippen molar-refractivity contribution in [2.45, 2.75) is 44.9 Å². The highest BCUT2D eigenvalue weighted by Gasteiger charge is 2.40. The van der Waals surface area contributed by atoms with Crippen molar-refractivity contribution in [2.75, 3.05) is 6.61 Å². The summed E-state index contributed by atoms with van der Waals surface area (Å²) in [7, 11) is 0. The molecule has 2 N–H and O–H groups in total. The molecule has 1 atom stereocenters. The third-order valence-electron chi connectivity index (χ3n) is 3.27. The predicted octanol–water partition coefficient (Wildman–Crippen LogP) is 3.91. The number of benzene rings is 1. The lowest BCUT2D eigenvalue weighted by Gasteiger charge is -2.40. The number of amides is 1. The molecular weight excluding hydrogens is 299 g/mol. The Hall–Kier alpha value is -1.76. The standard InChI is InChI=1S/C15H20F3NO3/c1-14(2,3)19(13(21)22)12(8-9-20)10-6-4-5-7-11(10)15(16,17)18/h4-7,12,20H,8-9H2,1-3H3,(H,21,22)/t12-/m0/s1. The van der Waals surface area contributed by atoms with Gasteiger partial charge in [0.1, 0.15) is 0 Å². The second-order valence-corrected chi connectivity index (χ2v) is 5.94. The third kappa shape index (κ3) is 4.13. The van der Waals surface area contributed by atoms with Crippen molar-refractivity contribution in [3.63, 3.8) is 0 Å². The first-order valence-electron chi connectivity index (χ1n) is 6.79. The first-order valence-corrected chi connectivity index (χ1v) is 6.79. The quantitative estimate of drug-likeness (QED) is 0.884. The van der Waals surface area contributed by atoms with E-state index in [1.165, 1.54) is 18.2 Å². The van der Waals surface area contributed by atoms with Crippen LogP contribution in [0.1, 0.15) is 44.4 Å². The van der Waals surface area contributed by atoms with Crippen LogP contribution in [-0.2, 0) is 6.18 Å². The molecule has 124 valence electrons. The third-order valence-corrected chi connectivity index (χ3v) is 3.27. The number of aliphatic hydroxyl groups is 1. The summed E-state index contributed by atoms with van der Waals surface area (Å²) in [6, 6.07) is 3.77. The summed E-state index contributed by atoms with van der Waals surface area (Å²) in [5.41, 5.74) is -1.95. The summed E-state index contributed by atoms with van der Waals surface area (Å²) in [4.78, 5) is 12.5. The topological polar surface area (TPSA) is 60.8 Å². The molecule has 1 aromatic rings. The van der Waals surface area contributed by atoms with Crippen LogP contribution in [0, 0.1) is 0 Å². The fourth-order valence-corrected chi connectivity index (χ4v) is 2.48. The Kier molecular flexibility index (Phi) is 5.45. The van der Waals surface area contributed by atoms with Crippen molar-refractivity contribution in [2.24, 2.45) is 0 Å². The first kappa shape index (κ1) is 18.3. The molecule has 7 heteroatoms. The van der Waals surface area contributed by atoms with Gasteiger partial charge in [-0.3, -0.25) is 4.90 Å². The number of hydrogen-bond donors (Lipinski definition) is 2. The fraction of sp³-hybridized carbons (Fsp3) is 0.533. The van der Waals surface area contributed by atoms with Crippen molar-refractivity contribution in [1.82, 2.24) is 4.90 Å². The molecule has 0 unspecified atom stereocenters. The van der Waals surface area contributed by atoms with E-state index >= 15 is 0 Å². The van der Waals surface area contributed by atoms with Crippen LogP contribution >= 0.6 is 0 Å². The number of carboxylic acid groups (broad SMARTS) is 1. The minimum absolute atomic E-state index is 0.114. The van der Waals surface area contributed by atoms with Gasteiger partial charge in [0.15, 0.2) is 0 Å². The summed E-state index contributed by atoms with van der Waals surface area (Å²) < 4.78 is 39.5. The van der Waals surface area contributed by atoms with E-state index in [0.717, 1.165) is 11.0 Å². The van der Waals surface area contributed by atoms with Crippen LogP contribution < -0.4 is 0 Å². The highest BCUT2D eigenvalue weighted by molar-refractivity contribution is 5.67. The highest BCUT2D eigenvalue weighted by atomic mass is 19.4. The van der Waals surface area contributed by atoms with Crippen LogP contribution in [0.3, 0.4) is 0 Å². The van der Waals surface area contributed by atoms with Gasteiger partial charge < -0.3 is 10.2 Å². The minimum Gasteiger partial charge on any atom is -0.465 e. The van der Waals surface area contributed by atoms with E-state index in [2.05, 4.69) is 0 Å². The highest BCUT2D eigenvalue weighted by Crippen LogP contribution is 2.39. The van der Waals surface area contributed by atoms with E-state index < -0.39 is 36.0 Å². The maximum Gasteiger partial charge on any atom is 0.416 e. The molecule has 0 spiro atoms. The van der Waals surface area contributed by atoms with E-state index in [4.69, 9.17) is 0 Å². The van der Waals surface area contributed by atoms with Gasteiger partial charge in [0.25, 0.3) is 0 Å². The largest absolute Gasteiger partial charge is 0.465 e. The lowest BCUT2D eigenvalue weighted by atomic mass is 9.92. The Morgan fingerprint density at radius 1 is 1.23 bits per heavy atom.